The fourth-order valence-electron chi connectivity index (χ4n) is 7.73. The summed E-state index contributed by atoms with van der Waals surface area (Å²) in [5.41, 5.74) is 5.69. The predicted octanol–water partition coefficient (Wildman–Crippen LogP) is 6.51. The highest BCUT2D eigenvalue weighted by Crippen LogP contribution is 2.42. The number of ether oxygens (including phenoxy) is 2. The SMILES string of the molecule is Cc1ccc2[nH]c3c(c2c1)C(=O)C(Cn1ccnc1C)CC3OC(=O)/C=C\C(=O)OC1CC(Cn2ccnc2C)C(=O)c2c1[nH]c1ccc(C)cc21. The minimum Gasteiger partial charge on any atom is -0.453 e. The number of fused-ring (bicyclic) bond motifs is 6. The van der Waals surface area contributed by atoms with E-state index >= 15 is 0 Å². The van der Waals surface area contributed by atoms with Gasteiger partial charge in [-0.05, 0) is 52.0 Å². The van der Waals surface area contributed by atoms with Crippen molar-refractivity contribution in [2.45, 2.75) is 65.8 Å². The standard InChI is InChI=1S/C40H38N6O6/c1-21-5-7-29-27(15-21)35-37(43-29)31(17-25(39(35)49)19-45-13-11-41-23(45)3)51-33(47)9-10-34(48)52-32-18-26(20-46-14-12-42-24(46)4)40(50)36-28-16-22(2)6-8-30(28)44-38(32)36/h5-16,25-26,31-32,43-44H,17-20H2,1-4H3/b10-9-. The number of benzene rings is 2. The zero-order valence-electron chi connectivity index (χ0n) is 29.3. The van der Waals surface area contributed by atoms with Crippen LogP contribution in [0.2, 0.25) is 0 Å². The van der Waals surface area contributed by atoms with Crippen LogP contribution in [0.3, 0.4) is 0 Å². The summed E-state index contributed by atoms with van der Waals surface area (Å²) in [6.07, 6.45) is 8.16. The van der Waals surface area contributed by atoms with Crippen molar-refractivity contribution in [3.8, 4) is 0 Å². The van der Waals surface area contributed by atoms with Crippen LogP contribution >= 0.6 is 0 Å². The van der Waals surface area contributed by atoms with Crippen molar-refractivity contribution in [3.63, 3.8) is 0 Å². The number of hydrogen-bond donors (Lipinski definition) is 2. The van der Waals surface area contributed by atoms with Crippen molar-refractivity contribution in [2.24, 2.45) is 11.8 Å². The van der Waals surface area contributed by atoms with Crippen molar-refractivity contribution in [1.29, 1.82) is 0 Å². The molecule has 0 aliphatic heterocycles. The highest BCUT2D eigenvalue weighted by atomic mass is 16.5. The maximum absolute atomic E-state index is 13.9. The molecule has 8 rings (SSSR count). The summed E-state index contributed by atoms with van der Waals surface area (Å²) in [5.74, 6) is -0.904. The van der Waals surface area contributed by atoms with Gasteiger partial charge in [0, 0.05) is 96.5 Å². The second kappa shape index (κ2) is 12.9. The lowest BCUT2D eigenvalue weighted by Gasteiger charge is -2.29. The Kier molecular flexibility index (Phi) is 8.24. The van der Waals surface area contributed by atoms with Crippen LogP contribution < -0.4 is 0 Å². The zero-order chi connectivity index (χ0) is 36.3. The summed E-state index contributed by atoms with van der Waals surface area (Å²) in [7, 11) is 0. The first-order chi connectivity index (χ1) is 25.0. The van der Waals surface area contributed by atoms with E-state index < -0.39 is 36.0 Å². The van der Waals surface area contributed by atoms with Crippen molar-refractivity contribution in [2.75, 3.05) is 0 Å². The number of nitrogens with one attached hydrogen (secondary N) is 2. The minimum atomic E-state index is -0.753. The number of hydrogen-bond acceptors (Lipinski definition) is 8. The molecule has 4 unspecified atom stereocenters. The van der Waals surface area contributed by atoms with E-state index in [2.05, 4.69) is 19.9 Å². The summed E-state index contributed by atoms with van der Waals surface area (Å²) in [6.45, 7) is 8.46. The second-order valence-corrected chi connectivity index (χ2v) is 14.0. The quantitative estimate of drug-likeness (QED) is 0.135. The number of aromatic nitrogens is 6. The minimum absolute atomic E-state index is 0.0228. The molecule has 2 aliphatic carbocycles. The molecule has 264 valence electrons. The number of carbonyl (C=O) groups excluding carboxylic acids is 4. The van der Waals surface area contributed by atoms with Crippen LogP contribution in [-0.4, -0.2) is 52.6 Å². The lowest BCUT2D eigenvalue weighted by molar-refractivity contribution is -0.147. The third-order valence-corrected chi connectivity index (χ3v) is 10.4. The number of carbonyl (C=O) groups is 4. The molecule has 2 N–H and O–H groups in total. The number of aromatic amines is 2. The molecule has 0 amide bonds. The Hall–Kier alpha value is -6.04. The van der Waals surface area contributed by atoms with E-state index in [0.717, 1.165) is 56.7 Å². The largest absolute Gasteiger partial charge is 0.453 e. The van der Waals surface area contributed by atoms with E-state index in [1.807, 2.05) is 85.6 Å². The number of imidazole rings is 2. The number of H-pyrrole nitrogens is 2. The molecular weight excluding hydrogens is 660 g/mol. The van der Waals surface area contributed by atoms with Gasteiger partial charge in [0.25, 0.3) is 0 Å². The molecule has 0 saturated carbocycles. The Bertz CT molecular complexity index is 2270. The normalized spacial score (nSPS) is 20.1. The van der Waals surface area contributed by atoms with Gasteiger partial charge in [-0.25, -0.2) is 19.6 Å². The molecule has 0 bridgehead atoms. The van der Waals surface area contributed by atoms with Crippen LogP contribution in [0.25, 0.3) is 21.8 Å². The first-order valence-corrected chi connectivity index (χ1v) is 17.4. The second-order valence-electron chi connectivity index (χ2n) is 14.0. The smallest absolute Gasteiger partial charge is 0.331 e. The number of aryl methyl sites for hydroxylation is 4. The predicted molar refractivity (Wildman–Crippen MR) is 192 cm³/mol. The van der Waals surface area contributed by atoms with Crippen molar-refractivity contribution in [3.05, 3.63) is 119 Å². The average molecular weight is 699 g/mol. The molecular formula is C40H38N6O6. The van der Waals surface area contributed by atoms with Crippen LogP contribution in [0.15, 0.2) is 73.3 Å². The van der Waals surface area contributed by atoms with Crippen LogP contribution in [0.1, 0.15) is 79.9 Å². The van der Waals surface area contributed by atoms with Gasteiger partial charge >= 0.3 is 11.9 Å². The van der Waals surface area contributed by atoms with E-state index in [-0.39, 0.29) is 24.4 Å². The molecule has 0 spiro atoms. The van der Waals surface area contributed by atoms with E-state index in [0.29, 0.717) is 35.6 Å². The number of Topliss-reactive ketones (excluding diaryl/α,β-unsaturated/α-hetero) is 2. The zero-order valence-corrected chi connectivity index (χ0v) is 29.3. The maximum atomic E-state index is 13.9. The molecule has 52 heavy (non-hydrogen) atoms. The summed E-state index contributed by atoms with van der Waals surface area (Å²) in [4.78, 5) is 69.6. The third kappa shape index (κ3) is 5.93. The molecule has 12 heteroatoms. The van der Waals surface area contributed by atoms with E-state index in [4.69, 9.17) is 9.47 Å². The molecule has 4 heterocycles. The van der Waals surface area contributed by atoms with Crippen LogP contribution in [-0.2, 0) is 32.2 Å². The van der Waals surface area contributed by atoms with Crippen molar-refractivity contribution in [1.82, 2.24) is 29.1 Å². The van der Waals surface area contributed by atoms with E-state index in [1.54, 1.807) is 12.4 Å². The van der Waals surface area contributed by atoms with Gasteiger partial charge in [0.1, 0.15) is 23.9 Å². The summed E-state index contributed by atoms with van der Waals surface area (Å²) >= 11 is 0. The summed E-state index contributed by atoms with van der Waals surface area (Å²) in [5, 5.41) is 1.57. The Morgan fingerprint density at radius 3 is 1.52 bits per heavy atom. The highest BCUT2D eigenvalue weighted by Gasteiger charge is 2.40. The average Bonchev–Trinajstić information content (AvgIpc) is 3.90. The maximum Gasteiger partial charge on any atom is 0.331 e. The van der Waals surface area contributed by atoms with Gasteiger partial charge < -0.3 is 28.6 Å². The molecule has 12 nitrogen and oxygen atoms in total. The monoisotopic (exact) mass is 698 g/mol. The molecule has 0 radical (unpaired) electrons. The van der Waals surface area contributed by atoms with Gasteiger partial charge in [0.2, 0.25) is 0 Å². The van der Waals surface area contributed by atoms with Gasteiger partial charge in [-0.1, -0.05) is 23.3 Å². The first kappa shape index (κ1) is 33.1. The van der Waals surface area contributed by atoms with Gasteiger partial charge in [0.15, 0.2) is 11.6 Å². The van der Waals surface area contributed by atoms with Crippen LogP contribution in [0.5, 0.6) is 0 Å². The Morgan fingerprint density at radius 1 is 0.712 bits per heavy atom. The van der Waals surface area contributed by atoms with Crippen molar-refractivity contribution < 1.29 is 28.7 Å². The molecule has 6 aromatic rings. The van der Waals surface area contributed by atoms with E-state index in [1.165, 1.54) is 0 Å². The summed E-state index contributed by atoms with van der Waals surface area (Å²) < 4.78 is 15.7. The lowest BCUT2D eigenvalue weighted by atomic mass is 9.83. The summed E-state index contributed by atoms with van der Waals surface area (Å²) in [6, 6.07) is 11.7. The Morgan fingerprint density at radius 2 is 1.13 bits per heavy atom. The lowest BCUT2D eigenvalue weighted by Crippen LogP contribution is -2.31. The molecule has 4 atom stereocenters. The highest BCUT2D eigenvalue weighted by molar-refractivity contribution is 6.12. The topological polar surface area (TPSA) is 154 Å². The van der Waals surface area contributed by atoms with Gasteiger partial charge in [-0.2, -0.15) is 0 Å². The number of nitrogens with zero attached hydrogens (tertiary/aromatic N) is 4. The number of ketones is 2. The van der Waals surface area contributed by atoms with Gasteiger partial charge in [-0.3, -0.25) is 9.59 Å². The van der Waals surface area contributed by atoms with Crippen LogP contribution in [0.4, 0.5) is 0 Å². The fourth-order valence-corrected chi connectivity index (χ4v) is 7.73. The molecule has 2 aliphatic rings. The van der Waals surface area contributed by atoms with Gasteiger partial charge in [0.05, 0.1) is 22.5 Å². The molecule has 0 saturated heterocycles. The van der Waals surface area contributed by atoms with Crippen LogP contribution in [0, 0.1) is 39.5 Å². The molecule has 4 aromatic heterocycles. The van der Waals surface area contributed by atoms with Crippen molar-refractivity contribution >= 4 is 45.3 Å². The number of esters is 2. The fraction of sp³-hybridized carbons (Fsp3) is 0.300. The molecule has 2 aromatic carbocycles. The van der Waals surface area contributed by atoms with Gasteiger partial charge in [-0.15, -0.1) is 0 Å². The number of rotatable bonds is 8. The molecule has 0 fully saturated rings. The van der Waals surface area contributed by atoms with E-state index in [9.17, 15) is 19.2 Å². The third-order valence-electron chi connectivity index (χ3n) is 10.4. The Balaban J connectivity index is 1.03. The first-order valence-electron chi connectivity index (χ1n) is 17.4. The Labute approximate surface area is 298 Å².